The van der Waals surface area contributed by atoms with Crippen molar-refractivity contribution >= 4 is 5.91 Å². The summed E-state index contributed by atoms with van der Waals surface area (Å²) in [6.45, 7) is 2.68. The van der Waals surface area contributed by atoms with Crippen LogP contribution in [0.1, 0.15) is 104 Å². The lowest BCUT2D eigenvalue weighted by molar-refractivity contribution is -0.303. The number of unbranched alkanes of at least 4 members (excludes halogenated alkanes) is 10. The van der Waals surface area contributed by atoms with Gasteiger partial charge in [0.25, 0.3) is 0 Å². The number of hydrogen-bond donors (Lipinski definition) is 7. The van der Waals surface area contributed by atoms with Crippen LogP contribution in [0.3, 0.4) is 0 Å². The first-order valence-corrected chi connectivity index (χ1v) is 15.6. The Morgan fingerprint density at radius 3 is 2.02 bits per heavy atom. The molecule has 0 aliphatic carbocycles. The van der Waals surface area contributed by atoms with Crippen molar-refractivity contribution in [2.75, 3.05) is 13.2 Å². The van der Waals surface area contributed by atoms with Crippen molar-refractivity contribution in [3.8, 4) is 0 Å². The number of carbonyl (C=O) groups excluding carboxylic acids is 1. The zero-order chi connectivity index (χ0) is 30.5. The molecule has 0 bridgehead atoms. The Labute approximate surface area is 246 Å². The number of hydrogen-bond acceptors (Lipinski definition) is 9. The zero-order valence-corrected chi connectivity index (χ0v) is 25.1. The molecule has 8 atom stereocenters. The number of ether oxygens (including phenoxy) is 2. The van der Waals surface area contributed by atoms with Gasteiger partial charge in [-0.05, 0) is 45.4 Å². The van der Waals surface area contributed by atoms with Gasteiger partial charge in [-0.1, -0.05) is 76.2 Å². The number of nitrogens with one attached hydrogen (secondary N) is 1. The normalized spacial score (nSPS) is 25.5. The lowest BCUT2D eigenvalue weighted by Gasteiger charge is -2.40. The van der Waals surface area contributed by atoms with Gasteiger partial charge < -0.3 is 45.4 Å². The summed E-state index contributed by atoms with van der Waals surface area (Å²) in [7, 11) is 0. The Hall–Kier alpha value is -1.37. The quantitative estimate of drug-likeness (QED) is 0.0702. The average molecular weight is 588 g/mol. The van der Waals surface area contributed by atoms with Crippen LogP contribution in [-0.2, 0) is 14.3 Å². The summed E-state index contributed by atoms with van der Waals surface area (Å²) in [5.74, 6) is -0.302. The molecule has 0 saturated carbocycles. The molecule has 1 rings (SSSR count). The highest BCUT2D eigenvalue weighted by Gasteiger charge is 2.44. The van der Waals surface area contributed by atoms with Crippen molar-refractivity contribution in [3.05, 3.63) is 24.3 Å². The minimum absolute atomic E-state index is 0.258. The Morgan fingerprint density at radius 2 is 1.44 bits per heavy atom. The van der Waals surface area contributed by atoms with Gasteiger partial charge in [0.1, 0.15) is 30.5 Å². The Bertz CT molecular complexity index is 716. The molecule has 1 saturated heterocycles. The number of aliphatic hydroxyl groups excluding tert-OH is 6. The van der Waals surface area contributed by atoms with Crippen LogP contribution in [0.5, 0.6) is 0 Å². The number of allylic oxidation sites excluding steroid dienone is 4. The van der Waals surface area contributed by atoms with Gasteiger partial charge in [-0.2, -0.15) is 0 Å². The summed E-state index contributed by atoms with van der Waals surface area (Å²) in [6.07, 6.45) is 14.1. The first-order valence-electron chi connectivity index (χ1n) is 15.6. The summed E-state index contributed by atoms with van der Waals surface area (Å²) in [6, 6.07) is -0.998. The van der Waals surface area contributed by atoms with Gasteiger partial charge in [-0.15, -0.1) is 0 Å². The third kappa shape index (κ3) is 16.2. The van der Waals surface area contributed by atoms with E-state index in [-0.39, 0.29) is 18.9 Å². The third-order valence-corrected chi connectivity index (χ3v) is 7.40. The maximum absolute atomic E-state index is 12.5. The van der Waals surface area contributed by atoms with Crippen LogP contribution in [-0.4, -0.2) is 98.7 Å². The Balaban J connectivity index is 2.23. The topological polar surface area (TPSA) is 169 Å². The molecule has 1 heterocycles. The van der Waals surface area contributed by atoms with E-state index in [9.17, 15) is 35.4 Å². The van der Waals surface area contributed by atoms with Gasteiger partial charge >= 0.3 is 0 Å². The smallest absolute Gasteiger partial charge is 0.220 e. The summed E-state index contributed by atoms with van der Waals surface area (Å²) < 4.78 is 10.8. The van der Waals surface area contributed by atoms with Crippen LogP contribution >= 0.6 is 0 Å². The number of rotatable bonds is 23. The van der Waals surface area contributed by atoms with Crippen molar-refractivity contribution in [2.24, 2.45) is 0 Å². The molecule has 1 amide bonds. The molecule has 0 spiro atoms. The summed E-state index contributed by atoms with van der Waals surface area (Å²) in [4.78, 5) is 12.5. The fourth-order valence-electron chi connectivity index (χ4n) is 4.69. The molecular weight excluding hydrogens is 530 g/mol. The first-order chi connectivity index (χ1) is 19.7. The molecule has 7 N–H and O–H groups in total. The predicted octanol–water partition coefficient (Wildman–Crippen LogP) is 2.62. The lowest BCUT2D eigenvalue weighted by Crippen LogP contribution is -2.60. The Morgan fingerprint density at radius 1 is 0.854 bits per heavy atom. The van der Waals surface area contributed by atoms with Gasteiger partial charge in [-0.3, -0.25) is 4.79 Å². The van der Waals surface area contributed by atoms with Gasteiger partial charge in [0.2, 0.25) is 5.91 Å². The minimum atomic E-state index is -1.60. The molecule has 1 aliphatic rings. The Kier molecular flexibility index (Phi) is 21.2. The standard InChI is InChI=1S/C31H57NO9/c1-3-4-5-6-7-8-9-10-11-12-13-14-15-16-17-18-19-20-26(35)32-24(27(36)23(2)34)22-40-31-30(39)29(38)28(37)25(21-33)41-31/h9-10,12-13,23-25,27-31,33-34,36-39H,3-8,11,14-22H2,1-2H3,(H,32,35)/b10-9-,13-12-/t23-,24+,25?,27-,28?,29?,30?,31?/m1/s1. The second-order valence-electron chi connectivity index (χ2n) is 11.1. The molecule has 10 nitrogen and oxygen atoms in total. The predicted molar refractivity (Wildman–Crippen MR) is 158 cm³/mol. The fraction of sp³-hybridized carbons (Fsp3) is 0.839. The molecule has 0 aromatic carbocycles. The van der Waals surface area contributed by atoms with Crippen LogP contribution in [0.25, 0.3) is 0 Å². The first kappa shape index (κ1) is 37.7. The van der Waals surface area contributed by atoms with Gasteiger partial charge in [0, 0.05) is 6.42 Å². The van der Waals surface area contributed by atoms with E-state index in [4.69, 9.17) is 9.47 Å². The number of carbonyl (C=O) groups is 1. The molecule has 240 valence electrons. The van der Waals surface area contributed by atoms with Crippen LogP contribution in [0.15, 0.2) is 24.3 Å². The summed E-state index contributed by atoms with van der Waals surface area (Å²) in [5, 5.41) is 62.1. The van der Waals surface area contributed by atoms with Crippen molar-refractivity contribution < 1.29 is 44.9 Å². The second-order valence-corrected chi connectivity index (χ2v) is 11.1. The van der Waals surface area contributed by atoms with Crippen molar-refractivity contribution in [1.82, 2.24) is 5.32 Å². The highest BCUT2D eigenvalue weighted by atomic mass is 16.7. The highest BCUT2D eigenvalue weighted by molar-refractivity contribution is 5.76. The van der Waals surface area contributed by atoms with Crippen molar-refractivity contribution in [3.63, 3.8) is 0 Å². The molecule has 10 heteroatoms. The highest BCUT2D eigenvalue weighted by Crippen LogP contribution is 2.22. The lowest BCUT2D eigenvalue weighted by atomic mass is 9.99. The van der Waals surface area contributed by atoms with Crippen LogP contribution in [0.4, 0.5) is 0 Å². The van der Waals surface area contributed by atoms with E-state index in [1.165, 1.54) is 45.4 Å². The van der Waals surface area contributed by atoms with E-state index in [1.807, 2.05) is 0 Å². The van der Waals surface area contributed by atoms with Crippen molar-refractivity contribution in [1.29, 1.82) is 0 Å². The molecule has 1 fully saturated rings. The maximum atomic E-state index is 12.5. The molecule has 0 aromatic heterocycles. The van der Waals surface area contributed by atoms with Gasteiger partial charge in [0.05, 0.1) is 25.4 Å². The molecule has 5 unspecified atom stereocenters. The average Bonchev–Trinajstić information content (AvgIpc) is 2.96. The molecule has 41 heavy (non-hydrogen) atoms. The van der Waals surface area contributed by atoms with Crippen LogP contribution in [0.2, 0.25) is 0 Å². The summed E-state index contributed by atoms with van der Waals surface area (Å²) >= 11 is 0. The van der Waals surface area contributed by atoms with E-state index in [1.54, 1.807) is 0 Å². The molecule has 0 aromatic rings. The van der Waals surface area contributed by atoms with Crippen LogP contribution in [0, 0.1) is 0 Å². The van der Waals surface area contributed by atoms with E-state index in [0.717, 1.165) is 38.5 Å². The van der Waals surface area contributed by atoms with Gasteiger partial charge in [-0.25, -0.2) is 0 Å². The van der Waals surface area contributed by atoms with E-state index >= 15 is 0 Å². The SMILES string of the molecule is CCCCCCC/C=C\C/C=C\CCCCCCCC(=O)N[C@@H](COC1OC(CO)C(O)C(O)C1O)[C@H](O)[C@@H](C)O. The number of aliphatic hydroxyl groups is 6. The maximum Gasteiger partial charge on any atom is 0.220 e. The van der Waals surface area contributed by atoms with Gasteiger partial charge in [0.15, 0.2) is 6.29 Å². The third-order valence-electron chi connectivity index (χ3n) is 7.40. The van der Waals surface area contributed by atoms with Crippen molar-refractivity contribution in [2.45, 2.75) is 153 Å². The zero-order valence-electron chi connectivity index (χ0n) is 25.1. The molecule has 0 radical (unpaired) electrons. The van der Waals surface area contributed by atoms with E-state index in [2.05, 4.69) is 36.5 Å². The van der Waals surface area contributed by atoms with Crippen LogP contribution < -0.4 is 5.32 Å². The van der Waals surface area contributed by atoms with E-state index in [0.29, 0.717) is 6.42 Å². The molecular formula is C31H57NO9. The molecule has 1 aliphatic heterocycles. The fourth-order valence-corrected chi connectivity index (χ4v) is 4.69. The monoisotopic (exact) mass is 587 g/mol. The second kappa shape index (κ2) is 23.1. The van der Waals surface area contributed by atoms with E-state index < -0.39 is 55.6 Å². The largest absolute Gasteiger partial charge is 0.394 e. The number of amides is 1. The summed E-state index contributed by atoms with van der Waals surface area (Å²) in [5.41, 5.74) is 0. The minimum Gasteiger partial charge on any atom is -0.394 e.